The molecule has 1 amide bonds. The van der Waals surface area contributed by atoms with Gasteiger partial charge in [0.2, 0.25) is 11.8 Å². The molecule has 2 atom stereocenters. The Morgan fingerprint density at radius 3 is 2.87 bits per heavy atom. The van der Waals surface area contributed by atoms with E-state index >= 15 is 0 Å². The number of ether oxygens (including phenoxy) is 1. The highest BCUT2D eigenvalue weighted by atomic mass is 32.3. The lowest BCUT2D eigenvalue weighted by Crippen LogP contribution is -2.34. The van der Waals surface area contributed by atoms with Crippen LogP contribution in [0.5, 0.6) is 5.88 Å². The quantitative estimate of drug-likeness (QED) is 0.259. The molecule has 2 unspecified atom stereocenters. The van der Waals surface area contributed by atoms with E-state index in [0.29, 0.717) is 5.56 Å². The number of carbonyl (C=O) groups excluding carboxylic acids is 1. The molecule has 4 aromatic heterocycles. The summed E-state index contributed by atoms with van der Waals surface area (Å²) in [6.45, 7) is 2.15. The topological polar surface area (TPSA) is 126 Å². The summed E-state index contributed by atoms with van der Waals surface area (Å²) in [7, 11) is -2.50. The Kier molecular flexibility index (Phi) is 6.10. The number of halogens is 1. The highest BCUT2D eigenvalue weighted by Gasteiger charge is 2.40. The Bertz CT molecular complexity index is 1730. The molecule has 6 rings (SSSR count). The van der Waals surface area contributed by atoms with Crippen LogP contribution in [0.3, 0.4) is 0 Å². The first-order chi connectivity index (χ1) is 18.2. The van der Waals surface area contributed by atoms with Gasteiger partial charge in [-0.1, -0.05) is 0 Å². The Hall–Kier alpha value is -3.52. The van der Waals surface area contributed by atoms with Gasteiger partial charge >= 0.3 is 10.4 Å². The predicted octanol–water partition coefficient (Wildman–Crippen LogP) is 5.49. The van der Waals surface area contributed by atoms with Crippen LogP contribution in [0.1, 0.15) is 16.9 Å². The second kappa shape index (κ2) is 9.34. The number of methoxy groups -OCH3 is 1. The third-order valence-corrected chi connectivity index (χ3v) is 10.4. The fourth-order valence-electron chi connectivity index (χ4n) is 4.48. The minimum atomic E-state index is -3.91. The number of allylic oxidation sites excluding steroid dienone is 3. The molecular formula is C25H21FN5O4S3+. The Labute approximate surface area is 225 Å². The molecule has 3 N–H and O–H groups in total. The number of carbonyl (C=O) groups is 1. The predicted molar refractivity (Wildman–Crippen MR) is 147 cm³/mol. The fraction of sp³-hybridized carbons (Fsp3) is 0.200. The zero-order chi connectivity index (χ0) is 26.6. The number of anilines is 1. The van der Waals surface area contributed by atoms with E-state index in [-0.39, 0.29) is 29.4 Å². The molecule has 0 radical (unpaired) electrons. The van der Waals surface area contributed by atoms with Crippen LogP contribution in [0, 0.1) is 12.8 Å². The van der Waals surface area contributed by atoms with E-state index in [2.05, 4.69) is 25.0 Å². The smallest absolute Gasteiger partial charge is 0.342 e. The summed E-state index contributed by atoms with van der Waals surface area (Å²) in [6, 6.07) is 5.52. The van der Waals surface area contributed by atoms with Crippen molar-refractivity contribution < 1.29 is 22.7 Å². The summed E-state index contributed by atoms with van der Waals surface area (Å²) in [6.07, 6.45) is 5.19. The van der Waals surface area contributed by atoms with Gasteiger partial charge in [-0.25, -0.2) is 19.3 Å². The monoisotopic (exact) mass is 570 g/mol. The van der Waals surface area contributed by atoms with Crippen LogP contribution >= 0.6 is 22.7 Å². The van der Waals surface area contributed by atoms with Gasteiger partial charge in [-0.15, -0.1) is 22.7 Å². The van der Waals surface area contributed by atoms with Gasteiger partial charge in [0.25, 0.3) is 0 Å². The number of hydrogen-bond acceptors (Lipinski definition) is 8. The maximum absolute atomic E-state index is 14.7. The summed E-state index contributed by atoms with van der Waals surface area (Å²) in [5, 5.41) is 2.76. The van der Waals surface area contributed by atoms with Crippen molar-refractivity contribution in [2.24, 2.45) is 5.92 Å². The largest absolute Gasteiger partial charge is 0.479 e. The Morgan fingerprint density at radius 2 is 2.05 bits per heavy atom. The summed E-state index contributed by atoms with van der Waals surface area (Å²) in [5.41, 5.74) is 3.38. The van der Waals surface area contributed by atoms with Gasteiger partial charge in [0.05, 0.1) is 34.7 Å². The zero-order valence-electron chi connectivity index (χ0n) is 20.1. The van der Waals surface area contributed by atoms with Crippen LogP contribution in [-0.2, 0) is 25.9 Å². The number of aromatic nitrogens is 3. The highest BCUT2D eigenvalue weighted by Crippen LogP contribution is 2.44. The number of aryl methyl sites for hydroxylation is 1. The first-order valence-corrected chi connectivity index (χ1v) is 14.7. The fourth-order valence-corrected chi connectivity index (χ4v) is 7.96. The lowest BCUT2D eigenvalue weighted by molar-refractivity contribution is -0.124. The third kappa shape index (κ3) is 4.21. The molecule has 8 bridgehead atoms. The van der Waals surface area contributed by atoms with Crippen molar-refractivity contribution in [2.45, 2.75) is 19.9 Å². The van der Waals surface area contributed by atoms with Crippen molar-refractivity contribution in [3.05, 3.63) is 64.0 Å². The SMILES string of the molecule is COc1ncc2cc1N[S+](=O)(O)C1=CC=C(F)C(C1)C(=O)NCc1ccc(s1)-c1ncnc3c(C)c-2sc13. The Balaban J connectivity index is 1.55. The molecule has 13 heteroatoms. The van der Waals surface area contributed by atoms with Crippen LogP contribution in [0.25, 0.3) is 31.2 Å². The average molecular weight is 571 g/mol. The minimum absolute atomic E-state index is 0.0102. The summed E-state index contributed by atoms with van der Waals surface area (Å²) >= 11 is 2.98. The molecule has 0 saturated carbocycles. The van der Waals surface area contributed by atoms with Gasteiger partial charge in [0.15, 0.2) is 4.91 Å². The first-order valence-electron chi connectivity index (χ1n) is 11.5. The molecule has 1 aliphatic heterocycles. The Morgan fingerprint density at radius 1 is 1.21 bits per heavy atom. The number of hydrogen-bond donors (Lipinski definition) is 3. The van der Waals surface area contributed by atoms with Crippen molar-refractivity contribution in [2.75, 3.05) is 11.8 Å². The molecule has 5 heterocycles. The van der Waals surface area contributed by atoms with Crippen molar-refractivity contribution in [3.63, 3.8) is 0 Å². The van der Waals surface area contributed by atoms with E-state index in [1.165, 1.54) is 42.2 Å². The number of rotatable bonds is 1. The maximum Gasteiger partial charge on any atom is 0.342 e. The van der Waals surface area contributed by atoms with E-state index < -0.39 is 28.1 Å². The van der Waals surface area contributed by atoms with Crippen LogP contribution in [0.2, 0.25) is 0 Å². The minimum Gasteiger partial charge on any atom is -0.479 e. The van der Waals surface area contributed by atoms with Gasteiger partial charge < -0.3 is 10.1 Å². The van der Waals surface area contributed by atoms with Gasteiger partial charge in [0.1, 0.15) is 23.5 Å². The molecule has 194 valence electrons. The maximum atomic E-state index is 14.7. The highest BCUT2D eigenvalue weighted by molar-refractivity contribution is 8.02. The second-order valence-corrected chi connectivity index (χ2v) is 12.8. The van der Waals surface area contributed by atoms with E-state index in [1.54, 1.807) is 12.3 Å². The molecule has 38 heavy (non-hydrogen) atoms. The molecule has 9 nitrogen and oxygen atoms in total. The molecular weight excluding hydrogens is 550 g/mol. The third-order valence-electron chi connectivity index (χ3n) is 6.43. The molecule has 2 aliphatic rings. The molecule has 4 aromatic rings. The van der Waals surface area contributed by atoms with Gasteiger partial charge in [0, 0.05) is 27.9 Å². The van der Waals surface area contributed by atoms with Crippen molar-refractivity contribution >= 4 is 54.9 Å². The molecule has 1 aliphatic carbocycles. The van der Waals surface area contributed by atoms with E-state index in [0.717, 1.165) is 42.2 Å². The average Bonchev–Trinajstić information content (AvgIpc) is 3.51. The molecule has 0 fully saturated rings. The number of nitrogens with zero attached hydrogens (tertiary/aromatic N) is 3. The van der Waals surface area contributed by atoms with Gasteiger partial charge in [-0.3, -0.25) is 4.79 Å². The van der Waals surface area contributed by atoms with Crippen molar-refractivity contribution in [1.29, 1.82) is 0 Å². The number of thiophene rings is 2. The number of nitrogens with one attached hydrogen (secondary N) is 2. The van der Waals surface area contributed by atoms with Gasteiger partial charge in [-0.05, 0) is 47.0 Å². The molecule has 0 spiro atoms. The summed E-state index contributed by atoms with van der Waals surface area (Å²) < 4.78 is 48.0. The van der Waals surface area contributed by atoms with Crippen LogP contribution in [-0.4, -0.2) is 32.5 Å². The number of fused-ring (bicyclic) bond motifs is 9. The van der Waals surface area contributed by atoms with Crippen molar-refractivity contribution in [1.82, 2.24) is 20.3 Å². The van der Waals surface area contributed by atoms with E-state index in [9.17, 15) is 17.9 Å². The van der Waals surface area contributed by atoms with Crippen LogP contribution < -0.4 is 14.8 Å². The van der Waals surface area contributed by atoms with Crippen LogP contribution in [0.4, 0.5) is 10.1 Å². The number of amides is 1. The normalized spacial score (nSPS) is 21.2. The van der Waals surface area contributed by atoms with E-state index in [1.807, 2.05) is 19.1 Å². The lowest BCUT2D eigenvalue weighted by atomic mass is 9.98. The standard InChI is InChI=1S/C25H20FN5O4S3/c1-12-20-23-21(30-11-29-20)19-6-3-14(36-19)10-27-24(32)16-8-15(4-5-17(16)26)38(33,34)31-18-7-13(22(12)37-23)9-28-25(18)35-2/h3-7,9,11,16H,8,10H2,1-2H3,(H2-,27,31,32,33,34)/p+1. The molecule has 0 saturated heterocycles. The summed E-state index contributed by atoms with van der Waals surface area (Å²) in [5.74, 6) is -2.35. The lowest BCUT2D eigenvalue weighted by Gasteiger charge is -2.19. The van der Waals surface area contributed by atoms with E-state index in [4.69, 9.17) is 4.74 Å². The zero-order valence-corrected chi connectivity index (χ0v) is 22.6. The number of pyridine rings is 1. The van der Waals surface area contributed by atoms with Crippen LogP contribution in [0.15, 0.2) is 53.6 Å². The first kappa shape index (κ1) is 24.8. The summed E-state index contributed by atoms with van der Waals surface area (Å²) in [4.78, 5) is 29.0. The van der Waals surface area contributed by atoms with Gasteiger partial charge in [-0.2, -0.15) is 9.27 Å². The molecule has 0 aromatic carbocycles. The van der Waals surface area contributed by atoms with Crippen molar-refractivity contribution in [3.8, 4) is 26.9 Å². The second-order valence-electron chi connectivity index (χ2n) is 8.79.